The van der Waals surface area contributed by atoms with E-state index in [4.69, 9.17) is 9.47 Å². The molecule has 0 aromatic rings. The van der Waals surface area contributed by atoms with E-state index < -0.39 is 0 Å². The summed E-state index contributed by atoms with van der Waals surface area (Å²) in [6, 6.07) is 0. The molecular formula is C11H14O3. The van der Waals surface area contributed by atoms with Gasteiger partial charge in [0, 0.05) is 0 Å². The van der Waals surface area contributed by atoms with E-state index in [1.807, 2.05) is 0 Å². The lowest BCUT2D eigenvalue weighted by Gasteiger charge is -2.12. The van der Waals surface area contributed by atoms with Gasteiger partial charge in [-0.1, -0.05) is 0 Å². The molecule has 4 atom stereocenters. The van der Waals surface area contributed by atoms with Crippen molar-refractivity contribution in [1.82, 2.24) is 0 Å². The second-order valence-corrected chi connectivity index (χ2v) is 5.11. The van der Waals surface area contributed by atoms with Gasteiger partial charge in [0.15, 0.2) is 11.2 Å². The van der Waals surface area contributed by atoms with Crippen LogP contribution in [-0.2, 0) is 14.3 Å². The highest BCUT2D eigenvalue weighted by atomic mass is 16.6. The van der Waals surface area contributed by atoms with Crippen LogP contribution in [0.5, 0.6) is 0 Å². The van der Waals surface area contributed by atoms with Gasteiger partial charge in [0.1, 0.15) is 0 Å². The third-order valence-electron chi connectivity index (χ3n) is 4.43. The van der Waals surface area contributed by atoms with Crippen LogP contribution in [-0.4, -0.2) is 29.2 Å². The van der Waals surface area contributed by atoms with E-state index in [0.29, 0.717) is 0 Å². The Labute approximate surface area is 82.8 Å². The third kappa shape index (κ3) is 0.684. The number of Topliss-reactive ketones (excluding diaryl/α,β-unsaturated/α-hetero) is 1. The van der Waals surface area contributed by atoms with Gasteiger partial charge in [-0.3, -0.25) is 4.79 Å². The Morgan fingerprint density at radius 3 is 1.79 bits per heavy atom. The standard InChI is InChI=1S/C11H14O3/c12-9(10-5-1-3-7(10)13-10)11-6-2-4-8(11)14-11/h7-8H,1-6H2. The predicted octanol–water partition coefficient (Wildman–Crippen LogP) is 1.20. The molecule has 2 saturated carbocycles. The first-order valence-corrected chi connectivity index (χ1v) is 5.68. The van der Waals surface area contributed by atoms with Crippen molar-refractivity contribution in [2.45, 2.75) is 61.9 Å². The molecule has 3 nitrogen and oxygen atoms in total. The van der Waals surface area contributed by atoms with Gasteiger partial charge >= 0.3 is 0 Å². The van der Waals surface area contributed by atoms with Crippen molar-refractivity contribution in [3.8, 4) is 0 Å². The number of hydrogen-bond donors (Lipinski definition) is 0. The van der Waals surface area contributed by atoms with Gasteiger partial charge in [0.2, 0.25) is 5.78 Å². The summed E-state index contributed by atoms with van der Waals surface area (Å²) in [6.45, 7) is 0. The van der Waals surface area contributed by atoms with Gasteiger partial charge in [0.05, 0.1) is 12.2 Å². The normalized spacial score (nSPS) is 58.0. The van der Waals surface area contributed by atoms with E-state index in [2.05, 4.69) is 0 Å². The van der Waals surface area contributed by atoms with Crippen LogP contribution in [0.3, 0.4) is 0 Å². The maximum atomic E-state index is 12.3. The van der Waals surface area contributed by atoms with Crippen LogP contribution in [0, 0.1) is 0 Å². The zero-order valence-electron chi connectivity index (χ0n) is 8.12. The van der Waals surface area contributed by atoms with E-state index in [1.165, 1.54) is 0 Å². The van der Waals surface area contributed by atoms with Crippen LogP contribution < -0.4 is 0 Å². The first-order valence-electron chi connectivity index (χ1n) is 5.68. The van der Waals surface area contributed by atoms with Crippen LogP contribution in [0.4, 0.5) is 0 Å². The fourth-order valence-corrected chi connectivity index (χ4v) is 3.55. The molecule has 0 radical (unpaired) electrons. The fourth-order valence-electron chi connectivity index (χ4n) is 3.55. The SMILES string of the molecule is O=C(C12CCCC1O2)C12CCCC1O2. The van der Waals surface area contributed by atoms with Gasteiger partial charge in [-0.15, -0.1) is 0 Å². The summed E-state index contributed by atoms with van der Waals surface area (Å²) in [4.78, 5) is 12.3. The highest BCUT2D eigenvalue weighted by molar-refractivity contribution is 6.00. The Balaban J connectivity index is 1.65. The van der Waals surface area contributed by atoms with Crippen molar-refractivity contribution in [2.75, 3.05) is 0 Å². The summed E-state index contributed by atoms with van der Waals surface area (Å²) in [7, 11) is 0. The predicted molar refractivity (Wildman–Crippen MR) is 47.9 cm³/mol. The van der Waals surface area contributed by atoms with E-state index in [0.717, 1.165) is 38.5 Å². The van der Waals surface area contributed by atoms with Crippen molar-refractivity contribution in [3.63, 3.8) is 0 Å². The Morgan fingerprint density at radius 1 is 1.00 bits per heavy atom. The molecule has 14 heavy (non-hydrogen) atoms. The highest BCUT2D eigenvalue weighted by Crippen LogP contribution is 2.59. The minimum Gasteiger partial charge on any atom is -0.358 e. The molecule has 4 fully saturated rings. The minimum absolute atomic E-state index is 0.245. The maximum Gasteiger partial charge on any atom is 0.201 e. The monoisotopic (exact) mass is 194 g/mol. The molecule has 0 bridgehead atoms. The van der Waals surface area contributed by atoms with Crippen LogP contribution >= 0.6 is 0 Å². The lowest BCUT2D eigenvalue weighted by Crippen LogP contribution is -2.37. The zero-order valence-corrected chi connectivity index (χ0v) is 8.12. The molecule has 4 rings (SSSR count). The van der Waals surface area contributed by atoms with Crippen molar-refractivity contribution < 1.29 is 14.3 Å². The molecule has 0 amide bonds. The van der Waals surface area contributed by atoms with Crippen LogP contribution in [0.15, 0.2) is 0 Å². The quantitative estimate of drug-likeness (QED) is 0.620. The topological polar surface area (TPSA) is 42.1 Å². The van der Waals surface area contributed by atoms with E-state index in [9.17, 15) is 4.79 Å². The van der Waals surface area contributed by atoms with Crippen molar-refractivity contribution in [3.05, 3.63) is 0 Å². The van der Waals surface area contributed by atoms with Gasteiger partial charge in [-0.2, -0.15) is 0 Å². The molecule has 0 aromatic carbocycles. The molecule has 0 spiro atoms. The van der Waals surface area contributed by atoms with Crippen LogP contribution in [0.1, 0.15) is 38.5 Å². The molecule has 2 heterocycles. The number of rotatable bonds is 2. The second-order valence-electron chi connectivity index (χ2n) is 5.11. The summed E-state index contributed by atoms with van der Waals surface area (Å²) in [5, 5.41) is 0. The van der Waals surface area contributed by atoms with Crippen LogP contribution in [0.25, 0.3) is 0 Å². The number of fused-ring (bicyclic) bond motifs is 2. The summed E-state index contributed by atoms with van der Waals surface area (Å²) < 4.78 is 11.2. The molecule has 0 N–H and O–H groups in total. The van der Waals surface area contributed by atoms with Gasteiger partial charge in [-0.25, -0.2) is 0 Å². The number of carbonyl (C=O) groups excluding carboxylic acids is 1. The van der Waals surface area contributed by atoms with E-state index in [-0.39, 0.29) is 29.2 Å². The Kier molecular flexibility index (Phi) is 1.16. The number of ether oxygens (including phenoxy) is 2. The molecule has 3 heteroatoms. The minimum atomic E-state index is -0.376. The van der Waals surface area contributed by atoms with Gasteiger partial charge < -0.3 is 9.47 Å². The lowest BCUT2D eigenvalue weighted by molar-refractivity contribution is -0.129. The Morgan fingerprint density at radius 2 is 1.50 bits per heavy atom. The molecule has 2 saturated heterocycles. The first-order chi connectivity index (χ1) is 6.78. The van der Waals surface area contributed by atoms with E-state index >= 15 is 0 Å². The number of hydrogen-bond acceptors (Lipinski definition) is 3. The molecule has 2 aliphatic heterocycles. The molecule has 4 unspecified atom stereocenters. The molecule has 76 valence electrons. The maximum absolute atomic E-state index is 12.3. The highest BCUT2D eigenvalue weighted by Gasteiger charge is 2.76. The van der Waals surface area contributed by atoms with E-state index in [1.54, 1.807) is 0 Å². The summed E-state index contributed by atoms with van der Waals surface area (Å²) in [5.74, 6) is 0.287. The van der Waals surface area contributed by atoms with Gasteiger partial charge in [0.25, 0.3) is 0 Å². The van der Waals surface area contributed by atoms with Crippen LogP contribution in [0.2, 0.25) is 0 Å². The largest absolute Gasteiger partial charge is 0.358 e. The molecule has 0 aromatic heterocycles. The lowest BCUT2D eigenvalue weighted by atomic mass is 9.89. The first kappa shape index (κ1) is 7.83. The fraction of sp³-hybridized carbons (Fsp3) is 0.909. The third-order valence-corrected chi connectivity index (χ3v) is 4.43. The zero-order chi connectivity index (χ0) is 9.39. The summed E-state index contributed by atoms with van der Waals surface area (Å²) in [5.41, 5.74) is -0.752. The molecular weight excluding hydrogens is 180 g/mol. The average molecular weight is 194 g/mol. The summed E-state index contributed by atoms with van der Waals surface area (Å²) in [6.07, 6.45) is 6.82. The molecule has 4 aliphatic rings. The Bertz CT molecular complexity index is 296. The molecule has 2 aliphatic carbocycles. The van der Waals surface area contributed by atoms with Crippen molar-refractivity contribution in [1.29, 1.82) is 0 Å². The number of ketones is 1. The summed E-state index contributed by atoms with van der Waals surface area (Å²) >= 11 is 0. The van der Waals surface area contributed by atoms with Crippen molar-refractivity contribution >= 4 is 5.78 Å². The van der Waals surface area contributed by atoms with Gasteiger partial charge in [-0.05, 0) is 38.5 Å². The number of carbonyl (C=O) groups is 1. The smallest absolute Gasteiger partial charge is 0.201 e. The average Bonchev–Trinajstić information content (AvgIpc) is 3.01. The second kappa shape index (κ2) is 2.07. The van der Waals surface area contributed by atoms with Crippen molar-refractivity contribution in [2.24, 2.45) is 0 Å². The Hall–Kier alpha value is -0.410. The number of epoxide rings is 2.